The van der Waals surface area contributed by atoms with E-state index in [1.54, 1.807) is 0 Å². The van der Waals surface area contributed by atoms with Gasteiger partial charge in [0.15, 0.2) is 0 Å². The SMILES string of the molecule is Clc1ccc2c3c([nH]c2c1)-c1ccccc1C31CCCCC1. The fraction of sp³-hybridized carbons (Fsp3) is 0.300. The van der Waals surface area contributed by atoms with Gasteiger partial charge in [-0.05, 0) is 36.1 Å². The summed E-state index contributed by atoms with van der Waals surface area (Å²) in [7, 11) is 0. The van der Waals surface area contributed by atoms with Crippen LogP contribution in [0.3, 0.4) is 0 Å². The zero-order valence-electron chi connectivity index (χ0n) is 12.5. The quantitative estimate of drug-likeness (QED) is 0.520. The molecule has 1 N–H and O–H groups in total. The Morgan fingerprint density at radius 3 is 2.64 bits per heavy atom. The molecule has 1 saturated carbocycles. The van der Waals surface area contributed by atoms with Crippen LogP contribution in [0.1, 0.15) is 43.2 Å². The maximum absolute atomic E-state index is 6.20. The van der Waals surface area contributed by atoms with Crippen LogP contribution in [0.15, 0.2) is 42.5 Å². The maximum atomic E-state index is 6.20. The Morgan fingerprint density at radius 1 is 0.955 bits per heavy atom. The summed E-state index contributed by atoms with van der Waals surface area (Å²) in [6.45, 7) is 0. The molecule has 2 aliphatic carbocycles. The lowest BCUT2D eigenvalue weighted by Crippen LogP contribution is -2.27. The number of aromatic nitrogens is 1. The minimum atomic E-state index is 0.219. The third kappa shape index (κ3) is 1.50. The molecule has 5 rings (SSSR count). The molecule has 1 heterocycles. The van der Waals surface area contributed by atoms with Crippen molar-refractivity contribution in [3.63, 3.8) is 0 Å². The summed E-state index contributed by atoms with van der Waals surface area (Å²) in [5.41, 5.74) is 7.18. The van der Waals surface area contributed by atoms with Crippen molar-refractivity contribution < 1.29 is 0 Å². The van der Waals surface area contributed by atoms with E-state index in [2.05, 4.69) is 41.4 Å². The fourth-order valence-electron chi connectivity index (χ4n) is 4.80. The molecule has 0 amide bonds. The van der Waals surface area contributed by atoms with E-state index in [0.29, 0.717) is 0 Å². The van der Waals surface area contributed by atoms with E-state index >= 15 is 0 Å². The summed E-state index contributed by atoms with van der Waals surface area (Å²) >= 11 is 6.20. The van der Waals surface area contributed by atoms with E-state index in [9.17, 15) is 0 Å². The molecular formula is C20H18ClN. The van der Waals surface area contributed by atoms with Crippen molar-refractivity contribution in [2.45, 2.75) is 37.5 Å². The molecule has 2 aliphatic rings. The first kappa shape index (κ1) is 12.8. The first-order valence-electron chi connectivity index (χ1n) is 8.21. The van der Waals surface area contributed by atoms with E-state index < -0.39 is 0 Å². The van der Waals surface area contributed by atoms with Crippen LogP contribution in [0.5, 0.6) is 0 Å². The lowest BCUT2D eigenvalue weighted by atomic mass is 9.67. The van der Waals surface area contributed by atoms with Gasteiger partial charge in [0, 0.05) is 26.9 Å². The molecule has 0 radical (unpaired) electrons. The highest BCUT2D eigenvalue weighted by atomic mass is 35.5. The molecule has 2 aromatic carbocycles. The second-order valence-electron chi connectivity index (χ2n) is 6.75. The van der Waals surface area contributed by atoms with E-state index in [1.807, 2.05) is 6.07 Å². The number of benzene rings is 2. The second-order valence-corrected chi connectivity index (χ2v) is 7.19. The molecule has 0 aliphatic heterocycles. The highest BCUT2D eigenvalue weighted by molar-refractivity contribution is 6.31. The van der Waals surface area contributed by atoms with Crippen LogP contribution < -0.4 is 0 Å². The minimum Gasteiger partial charge on any atom is -0.354 e. The van der Waals surface area contributed by atoms with Gasteiger partial charge in [0.2, 0.25) is 0 Å². The van der Waals surface area contributed by atoms with Gasteiger partial charge in [-0.1, -0.05) is 61.2 Å². The van der Waals surface area contributed by atoms with Crippen LogP contribution in [0.2, 0.25) is 5.02 Å². The zero-order chi connectivity index (χ0) is 14.7. The molecule has 2 heteroatoms. The molecule has 0 saturated heterocycles. The Labute approximate surface area is 135 Å². The molecule has 0 unspecified atom stereocenters. The van der Waals surface area contributed by atoms with Crippen LogP contribution in [0.25, 0.3) is 22.2 Å². The van der Waals surface area contributed by atoms with Crippen LogP contribution in [-0.2, 0) is 5.41 Å². The predicted molar refractivity (Wildman–Crippen MR) is 92.6 cm³/mol. The van der Waals surface area contributed by atoms with Crippen molar-refractivity contribution >= 4 is 22.5 Å². The lowest BCUT2D eigenvalue weighted by Gasteiger charge is -2.35. The van der Waals surface area contributed by atoms with Crippen molar-refractivity contribution in [2.24, 2.45) is 0 Å². The molecule has 1 fully saturated rings. The van der Waals surface area contributed by atoms with E-state index in [1.165, 1.54) is 65.4 Å². The normalized spacial score (nSPS) is 18.6. The summed E-state index contributed by atoms with van der Waals surface area (Å²) in [5, 5.41) is 2.16. The van der Waals surface area contributed by atoms with Gasteiger partial charge in [-0.15, -0.1) is 0 Å². The number of aromatic amines is 1. The third-order valence-electron chi connectivity index (χ3n) is 5.66. The lowest BCUT2D eigenvalue weighted by molar-refractivity contribution is 0.355. The van der Waals surface area contributed by atoms with Gasteiger partial charge >= 0.3 is 0 Å². The number of hydrogen-bond donors (Lipinski definition) is 1. The minimum absolute atomic E-state index is 0.219. The van der Waals surface area contributed by atoms with Gasteiger partial charge < -0.3 is 4.98 Å². The van der Waals surface area contributed by atoms with Crippen LogP contribution >= 0.6 is 11.6 Å². The number of halogens is 1. The number of fused-ring (bicyclic) bond motifs is 7. The highest BCUT2D eigenvalue weighted by Crippen LogP contribution is 2.57. The standard InChI is InChI=1S/C20H18ClN/c21-13-8-9-15-17(12-13)22-19-14-6-2-3-7-16(14)20(18(15)19)10-4-1-5-11-20/h2-3,6-9,12,22H,1,4-5,10-11H2. The van der Waals surface area contributed by atoms with Gasteiger partial charge in [0.25, 0.3) is 0 Å². The van der Waals surface area contributed by atoms with Gasteiger partial charge in [-0.25, -0.2) is 0 Å². The molecular weight excluding hydrogens is 290 g/mol. The first-order chi connectivity index (χ1) is 10.8. The molecule has 0 atom stereocenters. The number of hydrogen-bond acceptors (Lipinski definition) is 0. The number of H-pyrrole nitrogens is 1. The summed E-state index contributed by atoms with van der Waals surface area (Å²) in [4.78, 5) is 3.66. The first-order valence-corrected chi connectivity index (χ1v) is 8.59. The molecule has 110 valence electrons. The zero-order valence-corrected chi connectivity index (χ0v) is 13.2. The summed E-state index contributed by atoms with van der Waals surface area (Å²) < 4.78 is 0. The average Bonchev–Trinajstić information content (AvgIpc) is 3.04. The van der Waals surface area contributed by atoms with Gasteiger partial charge in [-0.2, -0.15) is 0 Å². The van der Waals surface area contributed by atoms with E-state index in [-0.39, 0.29) is 5.41 Å². The van der Waals surface area contributed by atoms with E-state index in [4.69, 9.17) is 11.6 Å². The molecule has 0 bridgehead atoms. The van der Waals surface area contributed by atoms with Gasteiger partial charge in [0.1, 0.15) is 0 Å². The maximum Gasteiger partial charge on any atom is 0.0509 e. The molecule has 1 nitrogen and oxygen atoms in total. The van der Waals surface area contributed by atoms with Crippen LogP contribution in [0, 0.1) is 0 Å². The third-order valence-corrected chi connectivity index (χ3v) is 5.89. The van der Waals surface area contributed by atoms with E-state index in [0.717, 1.165) is 5.02 Å². The van der Waals surface area contributed by atoms with Crippen molar-refractivity contribution in [3.05, 3.63) is 58.6 Å². The molecule has 22 heavy (non-hydrogen) atoms. The predicted octanol–water partition coefficient (Wildman–Crippen LogP) is 6.05. The van der Waals surface area contributed by atoms with Crippen molar-refractivity contribution in [1.82, 2.24) is 4.98 Å². The van der Waals surface area contributed by atoms with Crippen molar-refractivity contribution in [1.29, 1.82) is 0 Å². The Morgan fingerprint density at radius 2 is 1.77 bits per heavy atom. The number of rotatable bonds is 0. The molecule has 1 spiro atoms. The van der Waals surface area contributed by atoms with Gasteiger partial charge in [0.05, 0.1) is 5.69 Å². The Kier molecular flexibility index (Phi) is 2.55. The van der Waals surface area contributed by atoms with Crippen LogP contribution in [-0.4, -0.2) is 4.98 Å². The van der Waals surface area contributed by atoms with Crippen molar-refractivity contribution in [2.75, 3.05) is 0 Å². The fourth-order valence-corrected chi connectivity index (χ4v) is 4.97. The molecule has 3 aromatic rings. The monoisotopic (exact) mass is 307 g/mol. The topological polar surface area (TPSA) is 15.8 Å². The highest BCUT2D eigenvalue weighted by Gasteiger charge is 2.45. The second kappa shape index (κ2) is 4.39. The Hall–Kier alpha value is -1.73. The molecule has 1 aromatic heterocycles. The summed E-state index contributed by atoms with van der Waals surface area (Å²) in [6, 6.07) is 15.3. The van der Waals surface area contributed by atoms with Gasteiger partial charge in [-0.3, -0.25) is 0 Å². The summed E-state index contributed by atoms with van der Waals surface area (Å²) in [6.07, 6.45) is 6.56. The summed E-state index contributed by atoms with van der Waals surface area (Å²) in [5.74, 6) is 0. The van der Waals surface area contributed by atoms with Crippen LogP contribution in [0.4, 0.5) is 0 Å². The average molecular weight is 308 g/mol. The van der Waals surface area contributed by atoms with Crippen molar-refractivity contribution in [3.8, 4) is 11.3 Å². The largest absolute Gasteiger partial charge is 0.354 e. The number of nitrogens with one attached hydrogen (secondary N) is 1. The Balaban J connectivity index is 1.90. The smallest absolute Gasteiger partial charge is 0.0509 e. The Bertz CT molecular complexity index is 884.